The second-order valence-electron chi connectivity index (χ2n) is 4.85. The maximum absolute atomic E-state index is 12.4. The predicted octanol–water partition coefficient (Wildman–Crippen LogP) is 2.05. The van der Waals surface area contributed by atoms with E-state index in [0.717, 1.165) is 12.8 Å². The number of amides is 1. The monoisotopic (exact) mass is 263 g/mol. The fourth-order valence-corrected chi connectivity index (χ4v) is 2.40. The summed E-state index contributed by atoms with van der Waals surface area (Å²) < 4.78 is 0. The number of likely N-dealkylation sites (tertiary alicyclic amines) is 1. The minimum absolute atomic E-state index is 0.0850. The summed E-state index contributed by atoms with van der Waals surface area (Å²) in [5.74, 6) is 0.194. The number of nitrogens with two attached hydrogens (primary N) is 1. The molecule has 102 valence electrons. The van der Waals surface area contributed by atoms with E-state index in [2.05, 4.69) is 6.92 Å². The molecule has 19 heavy (non-hydrogen) atoms. The molecule has 1 amide bonds. The van der Waals surface area contributed by atoms with Crippen LogP contribution in [0.3, 0.4) is 0 Å². The van der Waals surface area contributed by atoms with Crippen LogP contribution >= 0.6 is 0 Å². The Labute approximate surface area is 111 Å². The summed E-state index contributed by atoms with van der Waals surface area (Å²) >= 11 is 0. The Kier molecular flexibility index (Phi) is 3.69. The van der Waals surface area contributed by atoms with E-state index in [4.69, 9.17) is 5.73 Å². The van der Waals surface area contributed by atoms with Crippen molar-refractivity contribution in [3.63, 3.8) is 0 Å². The van der Waals surface area contributed by atoms with Crippen LogP contribution in [0.1, 0.15) is 30.1 Å². The number of nitro groups is 1. The van der Waals surface area contributed by atoms with Crippen molar-refractivity contribution in [3.8, 4) is 0 Å². The van der Waals surface area contributed by atoms with Crippen molar-refractivity contribution in [1.82, 2.24) is 4.90 Å². The van der Waals surface area contributed by atoms with Crippen molar-refractivity contribution in [2.45, 2.75) is 19.8 Å². The van der Waals surface area contributed by atoms with Gasteiger partial charge in [-0.25, -0.2) is 0 Å². The minimum atomic E-state index is -0.542. The third-order valence-electron chi connectivity index (χ3n) is 3.60. The van der Waals surface area contributed by atoms with E-state index in [1.165, 1.54) is 18.2 Å². The van der Waals surface area contributed by atoms with Gasteiger partial charge in [-0.15, -0.1) is 0 Å². The highest BCUT2D eigenvalue weighted by Gasteiger charge is 2.30. The van der Waals surface area contributed by atoms with Gasteiger partial charge in [0, 0.05) is 24.8 Å². The zero-order chi connectivity index (χ0) is 14.0. The van der Waals surface area contributed by atoms with E-state index in [0.29, 0.717) is 24.7 Å². The number of carbonyl (C=O) groups excluding carboxylic acids is 1. The Bertz CT molecular complexity index is 516. The summed E-state index contributed by atoms with van der Waals surface area (Å²) in [5, 5.41) is 11.0. The molecule has 1 aliphatic heterocycles. The number of nitro benzene ring substituents is 1. The first-order chi connectivity index (χ1) is 9.02. The first kappa shape index (κ1) is 13.3. The molecule has 1 atom stereocenters. The van der Waals surface area contributed by atoms with Gasteiger partial charge < -0.3 is 10.6 Å². The summed E-state index contributed by atoms with van der Waals surface area (Å²) in [5.41, 5.74) is 5.89. The molecule has 0 bridgehead atoms. The molecule has 1 fully saturated rings. The quantitative estimate of drug-likeness (QED) is 0.513. The number of benzene rings is 1. The van der Waals surface area contributed by atoms with E-state index < -0.39 is 4.92 Å². The number of rotatable bonds is 3. The second-order valence-corrected chi connectivity index (χ2v) is 4.85. The number of hydrogen-bond donors (Lipinski definition) is 1. The van der Waals surface area contributed by atoms with E-state index in [9.17, 15) is 14.9 Å². The van der Waals surface area contributed by atoms with Crippen LogP contribution in [-0.4, -0.2) is 28.8 Å². The topological polar surface area (TPSA) is 89.5 Å². The Balaban J connectivity index is 2.28. The molecule has 1 saturated heterocycles. The molecule has 0 spiro atoms. The Morgan fingerprint density at radius 1 is 1.58 bits per heavy atom. The number of hydrogen-bond acceptors (Lipinski definition) is 4. The molecule has 1 aromatic rings. The zero-order valence-electron chi connectivity index (χ0n) is 10.8. The lowest BCUT2D eigenvalue weighted by molar-refractivity contribution is -0.385. The van der Waals surface area contributed by atoms with E-state index in [1.54, 1.807) is 4.90 Å². The van der Waals surface area contributed by atoms with Gasteiger partial charge in [-0.2, -0.15) is 0 Å². The lowest BCUT2D eigenvalue weighted by Crippen LogP contribution is -2.29. The van der Waals surface area contributed by atoms with Crippen LogP contribution in [0.4, 0.5) is 11.4 Å². The molecule has 2 N–H and O–H groups in total. The van der Waals surface area contributed by atoms with Crippen LogP contribution in [0.2, 0.25) is 0 Å². The molecule has 0 saturated carbocycles. The van der Waals surface area contributed by atoms with Gasteiger partial charge in [0.05, 0.1) is 4.92 Å². The fraction of sp³-hybridized carbons (Fsp3) is 0.462. The average molecular weight is 263 g/mol. The maximum atomic E-state index is 12.4. The summed E-state index contributed by atoms with van der Waals surface area (Å²) in [6, 6.07) is 4.11. The SMILES string of the molecule is CCC1CCN(C(=O)c2cc(N)ccc2[N+](=O)[O-])C1. The molecule has 1 aromatic carbocycles. The van der Waals surface area contributed by atoms with Gasteiger partial charge in [0.2, 0.25) is 0 Å². The number of carbonyl (C=O) groups is 1. The van der Waals surface area contributed by atoms with Gasteiger partial charge in [0.1, 0.15) is 5.56 Å². The predicted molar refractivity (Wildman–Crippen MR) is 71.8 cm³/mol. The largest absolute Gasteiger partial charge is 0.399 e. The molecule has 1 unspecified atom stereocenters. The average Bonchev–Trinajstić information content (AvgIpc) is 2.86. The molecule has 1 heterocycles. The lowest BCUT2D eigenvalue weighted by Gasteiger charge is -2.16. The normalized spacial score (nSPS) is 18.6. The van der Waals surface area contributed by atoms with Gasteiger partial charge in [-0.3, -0.25) is 14.9 Å². The Morgan fingerprint density at radius 3 is 2.89 bits per heavy atom. The number of nitrogens with zero attached hydrogens (tertiary/aromatic N) is 2. The molecular weight excluding hydrogens is 246 g/mol. The highest BCUT2D eigenvalue weighted by atomic mass is 16.6. The maximum Gasteiger partial charge on any atom is 0.282 e. The molecule has 1 aliphatic rings. The van der Waals surface area contributed by atoms with Crippen LogP contribution in [0, 0.1) is 16.0 Å². The van der Waals surface area contributed by atoms with Crippen LogP contribution in [0.5, 0.6) is 0 Å². The van der Waals surface area contributed by atoms with Crippen LogP contribution in [0.25, 0.3) is 0 Å². The van der Waals surface area contributed by atoms with Crippen molar-refractivity contribution in [3.05, 3.63) is 33.9 Å². The van der Waals surface area contributed by atoms with Crippen molar-refractivity contribution >= 4 is 17.3 Å². The highest BCUT2D eigenvalue weighted by Crippen LogP contribution is 2.26. The summed E-state index contributed by atoms with van der Waals surface area (Å²) in [6.07, 6.45) is 1.97. The van der Waals surface area contributed by atoms with Crippen molar-refractivity contribution in [1.29, 1.82) is 0 Å². The van der Waals surface area contributed by atoms with Crippen LogP contribution in [-0.2, 0) is 0 Å². The molecule has 2 rings (SSSR count). The highest BCUT2D eigenvalue weighted by molar-refractivity contribution is 5.99. The molecule has 6 heteroatoms. The summed E-state index contributed by atoms with van der Waals surface area (Å²) in [6.45, 7) is 3.41. The molecule has 0 radical (unpaired) electrons. The number of anilines is 1. The van der Waals surface area contributed by atoms with E-state index in [1.807, 2.05) is 0 Å². The smallest absolute Gasteiger partial charge is 0.282 e. The minimum Gasteiger partial charge on any atom is -0.399 e. The van der Waals surface area contributed by atoms with Gasteiger partial charge in [0.15, 0.2) is 0 Å². The first-order valence-electron chi connectivity index (χ1n) is 6.36. The molecule has 0 aromatic heterocycles. The Morgan fingerprint density at radius 2 is 2.32 bits per heavy atom. The van der Waals surface area contributed by atoms with Crippen molar-refractivity contribution < 1.29 is 9.72 Å². The second kappa shape index (κ2) is 5.26. The van der Waals surface area contributed by atoms with Gasteiger partial charge in [-0.05, 0) is 24.5 Å². The van der Waals surface area contributed by atoms with Crippen molar-refractivity contribution in [2.24, 2.45) is 5.92 Å². The van der Waals surface area contributed by atoms with Gasteiger partial charge >= 0.3 is 0 Å². The fourth-order valence-electron chi connectivity index (χ4n) is 2.40. The van der Waals surface area contributed by atoms with Gasteiger partial charge in [0.25, 0.3) is 11.6 Å². The van der Waals surface area contributed by atoms with Gasteiger partial charge in [-0.1, -0.05) is 13.3 Å². The molecular formula is C13H17N3O3. The standard InChI is InChI=1S/C13H17N3O3/c1-2-9-5-6-15(8-9)13(17)11-7-10(14)3-4-12(11)16(18)19/h3-4,7,9H,2,5-6,8,14H2,1H3. The van der Waals surface area contributed by atoms with Crippen LogP contribution in [0.15, 0.2) is 18.2 Å². The molecule has 0 aliphatic carbocycles. The lowest BCUT2D eigenvalue weighted by atomic mass is 10.1. The van der Waals surface area contributed by atoms with E-state index >= 15 is 0 Å². The molecule has 6 nitrogen and oxygen atoms in total. The zero-order valence-corrected chi connectivity index (χ0v) is 10.8. The third-order valence-corrected chi connectivity index (χ3v) is 3.60. The summed E-state index contributed by atoms with van der Waals surface area (Å²) in [7, 11) is 0. The Hall–Kier alpha value is -2.11. The van der Waals surface area contributed by atoms with Crippen LogP contribution < -0.4 is 5.73 Å². The number of nitrogen functional groups attached to an aromatic ring is 1. The third kappa shape index (κ3) is 2.67. The van der Waals surface area contributed by atoms with Crippen molar-refractivity contribution in [2.75, 3.05) is 18.8 Å². The first-order valence-corrected chi connectivity index (χ1v) is 6.36. The summed E-state index contributed by atoms with van der Waals surface area (Å²) in [4.78, 5) is 24.5. The van der Waals surface area contributed by atoms with E-state index in [-0.39, 0.29) is 17.2 Å².